The molecule has 0 fully saturated rings. The normalized spacial score (nSPS) is 10.9. The third-order valence-corrected chi connectivity index (χ3v) is 2.75. The smallest absolute Gasteiger partial charge is 0.335 e. The fourth-order valence-electron chi connectivity index (χ4n) is 1.74. The molecule has 0 saturated carbocycles. The molecule has 3 nitrogen and oxygen atoms in total. The number of hydrogen-bond donors (Lipinski definition) is 1. The summed E-state index contributed by atoms with van der Waals surface area (Å²) in [6.07, 6.45) is 1.52. The maximum absolute atomic E-state index is 13.6. The molecule has 0 bridgehead atoms. The van der Waals surface area contributed by atoms with Crippen LogP contribution in [-0.4, -0.2) is 11.1 Å². The van der Waals surface area contributed by atoms with Crippen LogP contribution >= 0.6 is 0 Å². The van der Waals surface area contributed by atoms with Gasteiger partial charge in [-0.2, -0.15) is 5.26 Å². The molecule has 0 heterocycles. The van der Waals surface area contributed by atoms with E-state index in [4.69, 9.17) is 10.4 Å². The maximum atomic E-state index is 13.6. The first-order valence-electron chi connectivity index (χ1n) is 5.82. The van der Waals surface area contributed by atoms with Crippen LogP contribution in [0.4, 0.5) is 4.39 Å². The summed E-state index contributed by atoms with van der Waals surface area (Å²) in [6.45, 7) is 0. The number of nitriles is 1. The van der Waals surface area contributed by atoms with Crippen molar-refractivity contribution in [2.45, 2.75) is 0 Å². The summed E-state index contributed by atoms with van der Waals surface area (Å²) in [4.78, 5) is 10.7. The summed E-state index contributed by atoms with van der Waals surface area (Å²) >= 11 is 0. The predicted molar refractivity (Wildman–Crippen MR) is 73.3 cm³/mol. The van der Waals surface area contributed by atoms with Crippen LogP contribution in [0.2, 0.25) is 0 Å². The lowest BCUT2D eigenvalue weighted by Gasteiger charge is -2.02. The summed E-state index contributed by atoms with van der Waals surface area (Å²) in [7, 11) is 0. The van der Waals surface area contributed by atoms with Gasteiger partial charge in [0, 0.05) is 5.56 Å². The fraction of sp³-hybridized carbons (Fsp3) is 0. The van der Waals surface area contributed by atoms with Gasteiger partial charge in [-0.3, -0.25) is 0 Å². The number of rotatable bonds is 3. The van der Waals surface area contributed by atoms with E-state index in [1.165, 1.54) is 30.3 Å². The molecular formula is C16H10FNO2. The zero-order chi connectivity index (χ0) is 14.5. The van der Waals surface area contributed by atoms with E-state index in [2.05, 4.69) is 0 Å². The van der Waals surface area contributed by atoms with E-state index in [1.54, 1.807) is 24.3 Å². The van der Waals surface area contributed by atoms with Gasteiger partial charge in [0.2, 0.25) is 0 Å². The number of aromatic carboxylic acids is 1. The molecule has 1 N–H and O–H groups in total. The molecule has 0 spiro atoms. The van der Waals surface area contributed by atoms with Crippen LogP contribution in [0, 0.1) is 17.1 Å². The molecule has 0 aliphatic rings. The summed E-state index contributed by atoms with van der Waals surface area (Å²) in [5, 5.41) is 17.9. The lowest BCUT2D eigenvalue weighted by atomic mass is 10.0. The number of halogens is 1. The average molecular weight is 267 g/mol. The van der Waals surface area contributed by atoms with Crippen LogP contribution in [0.5, 0.6) is 0 Å². The van der Waals surface area contributed by atoms with E-state index in [0.717, 1.165) is 0 Å². The number of carboxylic acids is 1. The average Bonchev–Trinajstić information content (AvgIpc) is 2.46. The minimum Gasteiger partial charge on any atom is -0.478 e. The van der Waals surface area contributed by atoms with Gasteiger partial charge < -0.3 is 5.11 Å². The molecule has 4 heteroatoms. The van der Waals surface area contributed by atoms with Gasteiger partial charge in [0.15, 0.2) is 0 Å². The molecule has 2 aromatic carbocycles. The molecule has 0 radical (unpaired) electrons. The first-order chi connectivity index (χ1) is 9.61. The number of allylic oxidation sites excluding steroid dienone is 1. The molecule has 0 aromatic heterocycles. The van der Waals surface area contributed by atoms with Gasteiger partial charge in [-0.05, 0) is 29.8 Å². The van der Waals surface area contributed by atoms with E-state index >= 15 is 0 Å². The lowest BCUT2D eigenvalue weighted by molar-refractivity contribution is 0.0697. The third-order valence-electron chi connectivity index (χ3n) is 2.75. The second-order valence-electron chi connectivity index (χ2n) is 4.08. The highest BCUT2D eigenvalue weighted by Gasteiger charge is 2.07. The van der Waals surface area contributed by atoms with Gasteiger partial charge >= 0.3 is 5.97 Å². The Morgan fingerprint density at radius 3 is 2.35 bits per heavy atom. The minimum atomic E-state index is -1.02. The molecule has 20 heavy (non-hydrogen) atoms. The van der Waals surface area contributed by atoms with Crippen molar-refractivity contribution in [3.63, 3.8) is 0 Å². The van der Waals surface area contributed by atoms with Crippen molar-refractivity contribution >= 4 is 17.6 Å². The van der Waals surface area contributed by atoms with Gasteiger partial charge in [-0.15, -0.1) is 0 Å². The van der Waals surface area contributed by atoms with Crippen LogP contribution in [0.3, 0.4) is 0 Å². The van der Waals surface area contributed by atoms with Gasteiger partial charge in [0.05, 0.1) is 17.2 Å². The zero-order valence-electron chi connectivity index (χ0n) is 10.4. The van der Waals surface area contributed by atoms with Crippen LogP contribution in [0.15, 0.2) is 48.5 Å². The Balaban J connectivity index is 2.40. The second-order valence-corrected chi connectivity index (χ2v) is 4.08. The van der Waals surface area contributed by atoms with Crippen LogP contribution < -0.4 is 0 Å². The van der Waals surface area contributed by atoms with E-state index in [9.17, 15) is 9.18 Å². The molecular weight excluding hydrogens is 257 g/mol. The predicted octanol–water partition coefficient (Wildman–Crippen LogP) is 3.59. The van der Waals surface area contributed by atoms with E-state index in [0.29, 0.717) is 5.56 Å². The first-order valence-corrected chi connectivity index (χ1v) is 5.82. The van der Waals surface area contributed by atoms with E-state index in [-0.39, 0.29) is 16.7 Å². The van der Waals surface area contributed by atoms with Gasteiger partial charge in [0.25, 0.3) is 0 Å². The van der Waals surface area contributed by atoms with Crippen molar-refractivity contribution in [1.29, 1.82) is 5.26 Å². The van der Waals surface area contributed by atoms with E-state index in [1.807, 2.05) is 6.07 Å². The molecule has 2 aromatic rings. The largest absolute Gasteiger partial charge is 0.478 e. The first kappa shape index (κ1) is 13.5. The highest BCUT2D eigenvalue weighted by Crippen LogP contribution is 2.20. The quantitative estimate of drug-likeness (QED) is 0.682. The zero-order valence-corrected chi connectivity index (χ0v) is 10.4. The fourth-order valence-corrected chi connectivity index (χ4v) is 1.74. The second kappa shape index (κ2) is 5.81. The van der Waals surface area contributed by atoms with Crippen molar-refractivity contribution in [3.8, 4) is 6.07 Å². The number of carboxylic acid groups (broad SMARTS) is 1. The van der Waals surface area contributed by atoms with Crippen LogP contribution in [0.1, 0.15) is 21.5 Å². The summed E-state index contributed by atoms with van der Waals surface area (Å²) < 4.78 is 13.6. The SMILES string of the molecule is N#C/C(=C/c1ccc(C(=O)O)cc1)c1ccccc1F. The number of nitrogens with zero attached hydrogens (tertiary/aromatic N) is 1. The molecule has 0 saturated heterocycles. The number of hydrogen-bond acceptors (Lipinski definition) is 2. The van der Waals surface area contributed by atoms with Gasteiger partial charge in [-0.1, -0.05) is 30.3 Å². The number of carbonyl (C=O) groups is 1. The van der Waals surface area contributed by atoms with Gasteiger partial charge in [-0.25, -0.2) is 9.18 Å². The summed E-state index contributed by atoms with van der Waals surface area (Å²) in [6, 6.07) is 14.0. The Morgan fingerprint density at radius 2 is 1.80 bits per heavy atom. The monoisotopic (exact) mass is 267 g/mol. The third kappa shape index (κ3) is 2.90. The topological polar surface area (TPSA) is 61.1 Å². The molecule has 0 aliphatic carbocycles. The maximum Gasteiger partial charge on any atom is 0.335 e. The number of benzene rings is 2. The molecule has 2 rings (SSSR count). The van der Waals surface area contributed by atoms with Crippen molar-refractivity contribution in [2.75, 3.05) is 0 Å². The van der Waals surface area contributed by atoms with Crippen molar-refractivity contribution in [1.82, 2.24) is 0 Å². The minimum absolute atomic E-state index is 0.159. The molecule has 0 aliphatic heterocycles. The molecule has 0 atom stereocenters. The van der Waals surface area contributed by atoms with Crippen molar-refractivity contribution in [3.05, 3.63) is 71.0 Å². The Kier molecular flexibility index (Phi) is 3.92. The Labute approximate surface area is 115 Å². The molecule has 98 valence electrons. The summed E-state index contributed by atoms with van der Waals surface area (Å²) in [5.74, 6) is -1.49. The van der Waals surface area contributed by atoms with Gasteiger partial charge in [0.1, 0.15) is 5.82 Å². The van der Waals surface area contributed by atoms with Crippen LogP contribution in [0.25, 0.3) is 11.6 Å². The Hall–Kier alpha value is -2.93. The lowest BCUT2D eigenvalue weighted by Crippen LogP contribution is -1.95. The van der Waals surface area contributed by atoms with Crippen LogP contribution in [-0.2, 0) is 0 Å². The van der Waals surface area contributed by atoms with E-state index < -0.39 is 11.8 Å². The Bertz CT molecular complexity index is 712. The van der Waals surface area contributed by atoms with Crippen molar-refractivity contribution in [2.24, 2.45) is 0 Å². The molecule has 0 unspecified atom stereocenters. The highest BCUT2D eigenvalue weighted by molar-refractivity contribution is 5.91. The highest BCUT2D eigenvalue weighted by atomic mass is 19.1. The van der Waals surface area contributed by atoms with Crippen molar-refractivity contribution < 1.29 is 14.3 Å². The molecule has 0 amide bonds. The Morgan fingerprint density at radius 1 is 1.15 bits per heavy atom. The summed E-state index contributed by atoms with van der Waals surface area (Å²) in [5.41, 5.74) is 1.20. The standard InChI is InChI=1S/C16H10FNO2/c17-15-4-2-1-3-14(15)13(10-18)9-11-5-7-12(8-6-11)16(19)20/h1-9H,(H,19,20)/b13-9-.